The molecule has 3 aromatic rings. The van der Waals surface area contributed by atoms with E-state index in [2.05, 4.69) is 9.97 Å². The number of H-pyrrole nitrogens is 2. The number of aromatic amines is 2. The molecular formula is C14H15ClN3O+. The number of hydrogen-bond acceptors (Lipinski definition) is 1. The van der Waals surface area contributed by atoms with Crippen molar-refractivity contribution in [2.45, 2.75) is 19.9 Å². The van der Waals surface area contributed by atoms with Crippen molar-refractivity contribution >= 4 is 33.5 Å². The molecule has 0 radical (unpaired) electrons. The summed E-state index contributed by atoms with van der Waals surface area (Å²) >= 11 is 5.71. The average Bonchev–Trinajstić information content (AvgIpc) is 2.78. The first-order valence-corrected chi connectivity index (χ1v) is 6.85. The van der Waals surface area contributed by atoms with Gasteiger partial charge in [-0.1, -0.05) is 12.1 Å². The second-order valence-electron chi connectivity index (χ2n) is 4.63. The molecule has 0 unspecified atom stereocenters. The zero-order chi connectivity index (χ0) is 13.4. The number of para-hydroxylation sites is 1. The number of benzene rings is 1. The second kappa shape index (κ2) is 4.70. The predicted octanol–water partition coefficient (Wildman–Crippen LogP) is 2.23. The molecule has 0 aliphatic carbocycles. The third-order valence-corrected chi connectivity index (χ3v) is 3.66. The van der Waals surface area contributed by atoms with Crippen molar-refractivity contribution in [3.05, 3.63) is 40.4 Å². The van der Waals surface area contributed by atoms with E-state index in [0.717, 1.165) is 28.7 Å². The maximum Gasteiger partial charge on any atom is 0.361 e. The van der Waals surface area contributed by atoms with E-state index in [1.54, 1.807) is 4.57 Å². The Kier molecular flexibility index (Phi) is 3.03. The summed E-state index contributed by atoms with van der Waals surface area (Å²) in [6, 6.07) is 7.90. The van der Waals surface area contributed by atoms with Gasteiger partial charge in [0.05, 0.1) is 12.1 Å². The summed E-state index contributed by atoms with van der Waals surface area (Å²) in [7, 11) is 0. The maximum atomic E-state index is 12.5. The molecule has 0 saturated carbocycles. The quantitative estimate of drug-likeness (QED) is 0.733. The summed E-state index contributed by atoms with van der Waals surface area (Å²) in [5.74, 6) is 1.41. The fourth-order valence-electron chi connectivity index (χ4n) is 2.45. The Morgan fingerprint density at radius 3 is 2.95 bits per heavy atom. The van der Waals surface area contributed by atoms with Crippen molar-refractivity contribution < 1.29 is 4.98 Å². The average molecular weight is 277 g/mol. The molecule has 0 saturated heterocycles. The van der Waals surface area contributed by atoms with Crippen molar-refractivity contribution in [1.82, 2.24) is 9.55 Å². The fraction of sp³-hybridized carbons (Fsp3) is 0.286. The molecular weight excluding hydrogens is 262 g/mol. The van der Waals surface area contributed by atoms with Crippen LogP contribution >= 0.6 is 11.6 Å². The number of nitrogens with zero attached hydrogens (tertiary/aromatic N) is 1. The molecule has 0 fully saturated rings. The molecule has 4 nitrogen and oxygen atoms in total. The minimum absolute atomic E-state index is 0.00701. The number of alkyl halides is 1. The van der Waals surface area contributed by atoms with Gasteiger partial charge in [-0.2, -0.15) is 4.57 Å². The summed E-state index contributed by atoms with van der Waals surface area (Å²) in [5.41, 5.74) is 2.48. The predicted molar refractivity (Wildman–Crippen MR) is 76.7 cm³/mol. The molecule has 2 aromatic heterocycles. The summed E-state index contributed by atoms with van der Waals surface area (Å²) in [6.07, 6.45) is 0.780. The van der Waals surface area contributed by atoms with Crippen LogP contribution in [0.3, 0.4) is 0 Å². The van der Waals surface area contributed by atoms with Crippen molar-refractivity contribution in [3.8, 4) is 0 Å². The van der Waals surface area contributed by atoms with Crippen LogP contribution in [0.2, 0.25) is 0 Å². The van der Waals surface area contributed by atoms with Crippen LogP contribution in [0, 0.1) is 6.92 Å². The normalized spacial score (nSPS) is 11.5. The summed E-state index contributed by atoms with van der Waals surface area (Å²) in [4.78, 5) is 19.0. The van der Waals surface area contributed by atoms with E-state index in [4.69, 9.17) is 11.6 Å². The lowest BCUT2D eigenvalue weighted by atomic mass is 10.2. The number of fused-ring (bicyclic) bond motifs is 3. The molecule has 1 aromatic carbocycles. The zero-order valence-electron chi connectivity index (χ0n) is 10.7. The number of rotatable bonds is 3. The van der Waals surface area contributed by atoms with Crippen molar-refractivity contribution in [1.29, 1.82) is 0 Å². The van der Waals surface area contributed by atoms with Gasteiger partial charge in [-0.25, -0.2) is 9.78 Å². The highest BCUT2D eigenvalue weighted by Crippen LogP contribution is 2.19. The topological polar surface area (TPSA) is 51.9 Å². The summed E-state index contributed by atoms with van der Waals surface area (Å²) in [5, 5.41) is 1.04. The molecule has 0 spiro atoms. The van der Waals surface area contributed by atoms with Gasteiger partial charge < -0.3 is 4.98 Å². The number of nitrogens with one attached hydrogen (secondary N) is 2. The molecule has 0 amide bonds. The van der Waals surface area contributed by atoms with E-state index in [0.29, 0.717) is 17.9 Å². The lowest BCUT2D eigenvalue weighted by molar-refractivity contribution is -0.362. The highest BCUT2D eigenvalue weighted by molar-refractivity contribution is 6.17. The highest BCUT2D eigenvalue weighted by Gasteiger charge is 2.18. The first kappa shape index (κ1) is 12.2. The maximum absolute atomic E-state index is 12.5. The second-order valence-corrected chi connectivity index (χ2v) is 5.01. The van der Waals surface area contributed by atoms with E-state index >= 15 is 0 Å². The van der Waals surface area contributed by atoms with Crippen molar-refractivity contribution in [2.75, 3.05) is 5.88 Å². The Morgan fingerprint density at radius 1 is 1.37 bits per heavy atom. The Hall–Kier alpha value is -1.81. The Bertz CT molecular complexity index is 803. The van der Waals surface area contributed by atoms with Gasteiger partial charge in [0.1, 0.15) is 0 Å². The molecule has 5 heteroatoms. The van der Waals surface area contributed by atoms with Crippen molar-refractivity contribution in [2.24, 2.45) is 0 Å². The van der Waals surface area contributed by atoms with Crippen LogP contribution in [-0.2, 0) is 6.54 Å². The SMILES string of the molecule is Cc1[nH+]c2c([nH]c3ccccc32)c(=O)n1CCCCl. The van der Waals surface area contributed by atoms with Gasteiger partial charge in [-0.15, -0.1) is 11.6 Å². The van der Waals surface area contributed by atoms with Crippen LogP contribution in [-0.4, -0.2) is 15.4 Å². The summed E-state index contributed by atoms with van der Waals surface area (Å²) < 4.78 is 1.74. The Balaban J connectivity index is 2.33. The van der Waals surface area contributed by atoms with Gasteiger partial charge >= 0.3 is 5.56 Å². The Morgan fingerprint density at radius 2 is 2.16 bits per heavy atom. The molecule has 2 heterocycles. The fourth-order valence-corrected chi connectivity index (χ4v) is 2.57. The van der Waals surface area contributed by atoms with E-state index in [9.17, 15) is 4.79 Å². The molecule has 0 aliphatic heterocycles. The van der Waals surface area contributed by atoms with Gasteiger partial charge in [0, 0.05) is 18.2 Å². The van der Waals surface area contributed by atoms with Crippen LogP contribution in [0.5, 0.6) is 0 Å². The van der Waals surface area contributed by atoms with Gasteiger partial charge in [0.15, 0.2) is 11.0 Å². The number of aryl methyl sites for hydroxylation is 1. The molecule has 3 rings (SSSR count). The molecule has 0 atom stereocenters. The van der Waals surface area contributed by atoms with Gasteiger partial charge in [0.2, 0.25) is 0 Å². The van der Waals surface area contributed by atoms with Crippen molar-refractivity contribution in [3.63, 3.8) is 0 Å². The lowest BCUT2D eigenvalue weighted by Crippen LogP contribution is -2.30. The largest absolute Gasteiger partial charge is 0.361 e. The highest BCUT2D eigenvalue weighted by atomic mass is 35.5. The van der Waals surface area contributed by atoms with E-state index in [-0.39, 0.29) is 5.56 Å². The number of aromatic nitrogens is 3. The van der Waals surface area contributed by atoms with E-state index < -0.39 is 0 Å². The van der Waals surface area contributed by atoms with Gasteiger partial charge in [0.25, 0.3) is 5.82 Å². The first-order chi connectivity index (χ1) is 9.22. The molecule has 2 N–H and O–H groups in total. The molecule has 19 heavy (non-hydrogen) atoms. The van der Waals surface area contributed by atoms with E-state index in [1.165, 1.54) is 0 Å². The van der Waals surface area contributed by atoms with Gasteiger partial charge in [-0.3, -0.25) is 0 Å². The monoisotopic (exact) mass is 276 g/mol. The van der Waals surface area contributed by atoms with Crippen LogP contribution in [0.15, 0.2) is 29.1 Å². The number of hydrogen-bond donors (Lipinski definition) is 1. The third kappa shape index (κ3) is 1.92. The zero-order valence-corrected chi connectivity index (χ0v) is 11.4. The van der Waals surface area contributed by atoms with Crippen LogP contribution in [0.25, 0.3) is 21.9 Å². The third-order valence-electron chi connectivity index (χ3n) is 3.39. The Labute approximate surface area is 115 Å². The smallest absolute Gasteiger partial charge is 0.345 e. The minimum atomic E-state index is 0.00701. The number of halogens is 1. The first-order valence-electron chi connectivity index (χ1n) is 6.31. The van der Waals surface area contributed by atoms with Crippen LogP contribution < -0.4 is 10.5 Å². The van der Waals surface area contributed by atoms with Gasteiger partial charge in [-0.05, 0) is 18.6 Å². The molecule has 0 aliphatic rings. The minimum Gasteiger partial charge on any atom is -0.345 e. The van der Waals surface area contributed by atoms with E-state index in [1.807, 2.05) is 31.2 Å². The summed E-state index contributed by atoms with van der Waals surface area (Å²) in [6.45, 7) is 2.55. The van der Waals surface area contributed by atoms with Crippen LogP contribution in [0.4, 0.5) is 0 Å². The molecule has 98 valence electrons. The standard InChI is InChI=1S/C14H14ClN3O/c1-9-16-12-10-5-2-3-6-11(10)17-13(12)14(19)18(9)8-4-7-15/h2-3,5-6,17H,4,7-8H2,1H3/p+1. The lowest BCUT2D eigenvalue weighted by Gasteiger charge is -2.00. The van der Waals surface area contributed by atoms with Crippen LogP contribution in [0.1, 0.15) is 12.2 Å². The molecule has 0 bridgehead atoms.